The molecule has 0 spiro atoms. The summed E-state index contributed by atoms with van der Waals surface area (Å²) in [5, 5.41) is -0.586. The van der Waals surface area contributed by atoms with Gasteiger partial charge >= 0.3 is 0 Å². The maximum atomic E-state index is 12.8. The van der Waals surface area contributed by atoms with Crippen LogP contribution in [0.5, 0.6) is 0 Å². The molecule has 1 rings (SSSR count). The van der Waals surface area contributed by atoms with Crippen LogP contribution in [-0.2, 0) is 11.1 Å². The molecule has 1 atom stereocenters. The summed E-state index contributed by atoms with van der Waals surface area (Å²) in [5.74, 6) is -0.877. The van der Waals surface area contributed by atoms with Crippen LogP contribution in [0, 0.1) is 5.82 Å². The molecule has 0 aliphatic rings. The maximum Gasteiger partial charge on any atom is 0.188 e. The molecule has 0 aliphatic heterocycles. The fourth-order valence-electron chi connectivity index (χ4n) is 0.643. The first kappa shape index (κ1) is 9.92. The molecule has 0 saturated heterocycles. The average Bonchev–Trinajstić information content (AvgIpc) is 2.00. The van der Waals surface area contributed by atoms with Crippen molar-refractivity contribution in [3.8, 4) is 0 Å². The van der Waals surface area contributed by atoms with E-state index >= 15 is 0 Å². The molecular formula is C6H3Cl2FO2S. The zero-order valence-corrected chi connectivity index (χ0v) is 7.88. The van der Waals surface area contributed by atoms with Gasteiger partial charge in [0.25, 0.3) is 0 Å². The van der Waals surface area contributed by atoms with Gasteiger partial charge in [0.1, 0.15) is 0 Å². The van der Waals surface area contributed by atoms with Gasteiger partial charge in [-0.2, -0.15) is 0 Å². The van der Waals surface area contributed by atoms with Crippen LogP contribution in [0.1, 0.15) is 0 Å². The Morgan fingerprint density at radius 1 is 1.42 bits per heavy atom. The van der Waals surface area contributed by atoms with Crippen LogP contribution in [0.25, 0.3) is 0 Å². The second-order valence-electron chi connectivity index (χ2n) is 1.92. The molecule has 12 heavy (non-hydrogen) atoms. The van der Waals surface area contributed by atoms with Gasteiger partial charge in [0.05, 0.1) is 14.9 Å². The lowest BCUT2D eigenvalue weighted by Crippen LogP contribution is -1.92. The first-order valence-corrected chi connectivity index (χ1v) is 4.64. The van der Waals surface area contributed by atoms with E-state index < -0.39 is 21.9 Å². The van der Waals surface area contributed by atoms with Crippen LogP contribution in [0.3, 0.4) is 0 Å². The molecular weight excluding hydrogens is 226 g/mol. The Bertz CT molecular complexity index is 343. The molecule has 0 saturated carbocycles. The fourth-order valence-corrected chi connectivity index (χ4v) is 1.64. The van der Waals surface area contributed by atoms with Crippen LogP contribution in [-0.4, -0.2) is 8.76 Å². The van der Waals surface area contributed by atoms with Crippen LogP contribution in [0.4, 0.5) is 4.39 Å². The Labute approximate surface area is 80.6 Å². The minimum atomic E-state index is -2.29. The van der Waals surface area contributed by atoms with E-state index in [-0.39, 0.29) is 9.92 Å². The van der Waals surface area contributed by atoms with Gasteiger partial charge in [-0.05, 0) is 12.1 Å². The third-order valence-electron chi connectivity index (χ3n) is 1.19. The predicted octanol–water partition coefficient (Wildman–Crippen LogP) is 2.71. The third kappa shape index (κ3) is 1.77. The maximum absolute atomic E-state index is 12.8. The smallest absolute Gasteiger partial charge is 0.188 e. The van der Waals surface area contributed by atoms with E-state index in [0.717, 1.165) is 0 Å². The molecule has 0 bridgehead atoms. The molecule has 1 unspecified atom stereocenters. The zero-order chi connectivity index (χ0) is 9.30. The lowest BCUT2D eigenvalue weighted by Gasteiger charge is -2.00. The Kier molecular flexibility index (Phi) is 3.06. The first-order chi connectivity index (χ1) is 5.54. The van der Waals surface area contributed by atoms with Gasteiger partial charge in [-0.3, -0.25) is 0 Å². The highest BCUT2D eigenvalue weighted by Gasteiger charge is 2.13. The number of hydrogen-bond acceptors (Lipinski definition) is 1. The van der Waals surface area contributed by atoms with E-state index in [2.05, 4.69) is 0 Å². The Morgan fingerprint density at radius 2 is 2.00 bits per heavy atom. The largest absolute Gasteiger partial charge is 0.302 e. The minimum absolute atomic E-state index is 0.172. The second kappa shape index (κ2) is 3.70. The first-order valence-electron chi connectivity index (χ1n) is 2.78. The van der Waals surface area contributed by atoms with Crippen molar-refractivity contribution < 1.29 is 13.2 Å². The standard InChI is InChI=1S/C6H3Cl2FO2S/c7-3-1-2-4(12(10)11)5(8)6(3)9/h1-2H,(H,10,11). The van der Waals surface area contributed by atoms with Crippen molar-refractivity contribution in [2.75, 3.05) is 0 Å². The van der Waals surface area contributed by atoms with Gasteiger partial charge in [0, 0.05) is 0 Å². The molecule has 2 nitrogen and oxygen atoms in total. The van der Waals surface area contributed by atoms with Gasteiger partial charge < -0.3 is 4.55 Å². The third-order valence-corrected chi connectivity index (χ3v) is 2.68. The van der Waals surface area contributed by atoms with Crippen molar-refractivity contribution in [3.05, 3.63) is 28.0 Å². The van der Waals surface area contributed by atoms with Crippen molar-refractivity contribution in [2.24, 2.45) is 0 Å². The lowest BCUT2D eigenvalue weighted by molar-refractivity contribution is 0.561. The molecule has 0 aliphatic carbocycles. The number of hydrogen-bond donors (Lipinski definition) is 1. The van der Waals surface area contributed by atoms with Crippen molar-refractivity contribution in [1.29, 1.82) is 0 Å². The predicted molar refractivity (Wildman–Crippen MR) is 45.5 cm³/mol. The number of halogens is 3. The molecule has 0 aromatic heterocycles. The molecule has 6 heteroatoms. The van der Waals surface area contributed by atoms with E-state index in [1.165, 1.54) is 12.1 Å². The molecule has 0 fully saturated rings. The summed E-state index contributed by atoms with van der Waals surface area (Å²) in [6.45, 7) is 0. The Balaban J connectivity index is 3.36. The van der Waals surface area contributed by atoms with Crippen LogP contribution >= 0.6 is 23.2 Å². The number of benzene rings is 1. The van der Waals surface area contributed by atoms with Crippen molar-refractivity contribution in [2.45, 2.75) is 4.90 Å². The van der Waals surface area contributed by atoms with Gasteiger partial charge in [0.2, 0.25) is 0 Å². The summed E-state index contributed by atoms with van der Waals surface area (Å²) in [4.78, 5) is -0.182. The van der Waals surface area contributed by atoms with Gasteiger partial charge in [-0.15, -0.1) is 0 Å². The molecule has 66 valence electrons. The second-order valence-corrected chi connectivity index (χ2v) is 3.65. The number of rotatable bonds is 1. The van der Waals surface area contributed by atoms with E-state index in [1.807, 2.05) is 0 Å². The summed E-state index contributed by atoms with van der Waals surface area (Å²) >= 11 is 8.44. The summed E-state index contributed by atoms with van der Waals surface area (Å²) in [6.07, 6.45) is 0. The topological polar surface area (TPSA) is 37.3 Å². The van der Waals surface area contributed by atoms with E-state index in [9.17, 15) is 8.60 Å². The zero-order valence-electron chi connectivity index (χ0n) is 5.55. The van der Waals surface area contributed by atoms with E-state index in [0.29, 0.717) is 0 Å². The summed E-state index contributed by atoms with van der Waals surface area (Å²) in [7, 11) is 0. The molecule has 0 heterocycles. The highest BCUT2D eigenvalue weighted by atomic mass is 35.5. The highest BCUT2D eigenvalue weighted by Crippen LogP contribution is 2.27. The van der Waals surface area contributed by atoms with Crippen molar-refractivity contribution >= 4 is 34.3 Å². The SMILES string of the molecule is O=S(O)c1ccc(Cl)c(F)c1Cl. The Morgan fingerprint density at radius 3 is 2.50 bits per heavy atom. The van der Waals surface area contributed by atoms with Gasteiger partial charge in [-0.1, -0.05) is 23.2 Å². The molecule has 0 amide bonds. The van der Waals surface area contributed by atoms with E-state index in [4.69, 9.17) is 27.8 Å². The lowest BCUT2D eigenvalue weighted by atomic mass is 10.3. The van der Waals surface area contributed by atoms with Crippen LogP contribution in [0.15, 0.2) is 17.0 Å². The average molecular weight is 229 g/mol. The van der Waals surface area contributed by atoms with Crippen LogP contribution in [0.2, 0.25) is 10.0 Å². The van der Waals surface area contributed by atoms with Gasteiger partial charge in [0.15, 0.2) is 16.9 Å². The normalized spacial score (nSPS) is 13.0. The molecule has 0 radical (unpaired) electrons. The molecule has 1 aromatic carbocycles. The fraction of sp³-hybridized carbons (Fsp3) is 0. The summed E-state index contributed by atoms with van der Waals surface area (Å²) in [6, 6.07) is 2.37. The monoisotopic (exact) mass is 228 g/mol. The van der Waals surface area contributed by atoms with Gasteiger partial charge in [-0.25, -0.2) is 8.60 Å². The minimum Gasteiger partial charge on any atom is -0.302 e. The van der Waals surface area contributed by atoms with Crippen molar-refractivity contribution in [1.82, 2.24) is 0 Å². The Hall–Kier alpha value is -0.160. The quantitative estimate of drug-likeness (QED) is 0.593. The summed E-state index contributed by atoms with van der Waals surface area (Å²) < 4.78 is 31.9. The van der Waals surface area contributed by atoms with E-state index in [1.54, 1.807) is 0 Å². The summed E-state index contributed by atoms with van der Waals surface area (Å²) in [5.41, 5.74) is 0. The van der Waals surface area contributed by atoms with Crippen molar-refractivity contribution in [3.63, 3.8) is 0 Å². The molecule has 1 aromatic rings. The molecule has 1 N–H and O–H groups in total. The van der Waals surface area contributed by atoms with Crippen LogP contribution < -0.4 is 0 Å². The highest BCUT2D eigenvalue weighted by molar-refractivity contribution is 7.79.